The van der Waals surface area contributed by atoms with E-state index in [4.69, 9.17) is 4.98 Å². The lowest BCUT2D eigenvalue weighted by molar-refractivity contribution is 0.0955. The molecule has 0 unspecified atom stereocenters. The molecule has 152 valence electrons. The molecule has 4 heterocycles. The van der Waals surface area contributed by atoms with Gasteiger partial charge in [0.25, 0.3) is 5.56 Å². The van der Waals surface area contributed by atoms with Gasteiger partial charge in [0.15, 0.2) is 0 Å². The van der Waals surface area contributed by atoms with E-state index in [9.17, 15) is 10.1 Å². The number of aromatic nitrogens is 2. The Morgan fingerprint density at radius 2 is 1.76 bits per heavy atom. The van der Waals surface area contributed by atoms with Crippen LogP contribution in [0, 0.1) is 16.7 Å². The number of pyridine rings is 2. The van der Waals surface area contributed by atoms with Crippen LogP contribution in [-0.4, -0.2) is 61.2 Å². The van der Waals surface area contributed by atoms with Gasteiger partial charge in [0, 0.05) is 39.3 Å². The number of anilines is 2. The van der Waals surface area contributed by atoms with Crippen LogP contribution in [0.4, 0.5) is 11.5 Å². The third-order valence-corrected chi connectivity index (χ3v) is 7.31. The van der Waals surface area contributed by atoms with Gasteiger partial charge in [-0.3, -0.25) is 4.79 Å². The maximum absolute atomic E-state index is 12.6. The van der Waals surface area contributed by atoms with Crippen LogP contribution in [0.5, 0.6) is 0 Å². The van der Waals surface area contributed by atoms with E-state index in [1.54, 1.807) is 0 Å². The van der Waals surface area contributed by atoms with Gasteiger partial charge in [-0.15, -0.1) is 0 Å². The zero-order valence-corrected chi connectivity index (χ0v) is 17.1. The molecule has 7 heteroatoms. The van der Waals surface area contributed by atoms with Gasteiger partial charge in [-0.2, -0.15) is 5.26 Å². The van der Waals surface area contributed by atoms with Gasteiger partial charge in [-0.05, 0) is 50.3 Å². The Kier molecular flexibility index (Phi) is 4.47. The summed E-state index contributed by atoms with van der Waals surface area (Å²) in [6.45, 7) is 5.68. The third-order valence-electron chi connectivity index (χ3n) is 7.31. The number of nitrogens with zero attached hydrogens (tertiary/aromatic N) is 5. The van der Waals surface area contributed by atoms with E-state index in [1.807, 2.05) is 12.1 Å². The van der Waals surface area contributed by atoms with Crippen molar-refractivity contribution in [1.82, 2.24) is 14.9 Å². The Morgan fingerprint density at radius 1 is 1.03 bits per heavy atom. The van der Waals surface area contributed by atoms with E-state index in [1.165, 1.54) is 19.3 Å². The molecule has 2 aromatic rings. The summed E-state index contributed by atoms with van der Waals surface area (Å²) in [5.41, 5.74) is 2.60. The summed E-state index contributed by atoms with van der Waals surface area (Å²) in [5, 5.41) is 9.76. The predicted molar refractivity (Wildman–Crippen MR) is 115 cm³/mol. The van der Waals surface area contributed by atoms with Crippen molar-refractivity contribution in [1.29, 1.82) is 5.26 Å². The van der Waals surface area contributed by atoms with E-state index >= 15 is 0 Å². The molecule has 29 heavy (non-hydrogen) atoms. The molecule has 0 aromatic carbocycles. The molecule has 1 spiro atoms. The molecule has 3 aliphatic rings. The summed E-state index contributed by atoms with van der Waals surface area (Å²) in [7, 11) is 2.14. The average Bonchev–Trinajstić information content (AvgIpc) is 2.72. The molecule has 7 nitrogen and oxygen atoms in total. The number of fused-ring (bicyclic) bond motifs is 1. The number of H-pyrrole nitrogens is 1. The second kappa shape index (κ2) is 7.03. The van der Waals surface area contributed by atoms with Gasteiger partial charge in [-0.25, -0.2) is 4.98 Å². The highest BCUT2D eigenvalue weighted by atomic mass is 16.1. The number of hydrogen-bond donors (Lipinski definition) is 1. The van der Waals surface area contributed by atoms with Gasteiger partial charge in [0.2, 0.25) is 0 Å². The number of piperazine rings is 1. The zero-order chi connectivity index (χ0) is 20.0. The fourth-order valence-electron chi connectivity index (χ4n) is 5.15. The van der Waals surface area contributed by atoms with Crippen LogP contribution in [0.2, 0.25) is 0 Å². The van der Waals surface area contributed by atoms with Crippen molar-refractivity contribution in [3.05, 3.63) is 28.0 Å². The molecule has 3 fully saturated rings. The van der Waals surface area contributed by atoms with Crippen LogP contribution in [0.3, 0.4) is 0 Å². The Hall–Kier alpha value is -2.59. The van der Waals surface area contributed by atoms with E-state index in [2.05, 4.69) is 32.8 Å². The summed E-state index contributed by atoms with van der Waals surface area (Å²) >= 11 is 0. The van der Waals surface area contributed by atoms with Crippen molar-refractivity contribution in [2.24, 2.45) is 5.41 Å². The second-order valence-electron chi connectivity index (χ2n) is 8.99. The molecule has 2 saturated heterocycles. The van der Waals surface area contributed by atoms with Crippen molar-refractivity contribution in [2.45, 2.75) is 32.1 Å². The lowest BCUT2D eigenvalue weighted by Gasteiger charge is -2.48. The normalized spacial score (nSPS) is 21.9. The molecule has 0 radical (unpaired) electrons. The lowest BCUT2D eigenvalue weighted by Crippen LogP contribution is -2.45. The molecular weight excluding hydrogens is 364 g/mol. The van der Waals surface area contributed by atoms with Crippen molar-refractivity contribution >= 4 is 22.5 Å². The number of rotatable bonds is 2. The average molecular weight is 393 g/mol. The molecule has 2 aromatic heterocycles. The monoisotopic (exact) mass is 392 g/mol. The van der Waals surface area contributed by atoms with E-state index < -0.39 is 0 Å². The second-order valence-corrected chi connectivity index (χ2v) is 8.99. The Bertz CT molecular complexity index is 1020. The Morgan fingerprint density at radius 3 is 2.38 bits per heavy atom. The fraction of sp³-hybridized carbons (Fsp3) is 0.591. The number of piperidine rings is 1. The van der Waals surface area contributed by atoms with Crippen LogP contribution in [-0.2, 0) is 0 Å². The highest BCUT2D eigenvalue weighted by Crippen LogP contribution is 2.49. The SMILES string of the molecule is CN1CCN(c2ccc3[nH]c(=O)c(C#N)c(N4CCC5(CCC5)CC4)c3n2)CC1. The smallest absolute Gasteiger partial charge is 0.268 e. The van der Waals surface area contributed by atoms with E-state index in [0.717, 1.165) is 69.1 Å². The highest BCUT2D eigenvalue weighted by Gasteiger charge is 2.40. The summed E-state index contributed by atoms with van der Waals surface area (Å²) in [6.07, 6.45) is 6.28. The maximum atomic E-state index is 12.6. The fourth-order valence-corrected chi connectivity index (χ4v) is 5.15. The van der Waals surface area contributed by atoms with Crippen LogP contribution < -0.4 is 15.4 Å². The molecule has 1 N–H and O–H groups in total. The minimum absolute atomic E-state index is 0.199. The first kappa shape index (κ1) is 18.4. The molecule has 1 aliphatic carbocycles. The van der Waals surface area contributed by atoms with E-state index in [-0.39, 0.29) is 11.1 Å². The molecule has 0 bridgehead atoms. The number of hydrogen-bond acceptors (Lipinski definition) is 6. The topological polar surface area (TPSA) is 79.3 Å². The van der Waals surface area contributed by atoms with Gasteiger partial charge in [0.1, 0.15) is 23.0 Å². The van der Waals surface area contributed by atoms with Crippen molar-refractivity contribution < 1.29 is 0 Å². The minimum Gasteiger partial charge on any atom is -0.368 e. The van der Waals surface area contributed by atoms with Crippen LogP contribution >= 0.6 is 0 Å². The van der Waals surface area contributed by atoms with Gasteiger partial charge < -0.3 is 19.7 Å². The molecule has 2 aliphatic heterocycles. The van der Waals surface area contributed by atoms with Crippen molar-refractivity contribution in [3.8, 4) is 6.07 Å². The summed E-state index contributed by atoms with van der Waals surface area (Å²) in [5.74, 6) is 0.926. The number of nitrogens with one attached hydrogen (secondary N) is 1. The standard InChI is InChI=1S/C22H28N6O/c1-26-11-13-27(14-12-26)18-4-3-17-19(25-18)20(16(15-23)21(29)24-17)28-9-7-22(8-10-28)5-2-6-22/h3-4H,2,5-14H2,1H3,(H,24,29). The molecule has 0 atom stereocenters. The largest absolute Gasteiger partial charge is 0.368 e. The summed E-state index contributed by atoms with van der Waals surface area (Å²) in [4.78, 5) is 27.3. The van der Waals surface area contributed by atoms with Crippen molar-refractivity contribution in [2.75, 3.05) is 56.1 Å². The Balaban J connectivity index is 1.55. The maximum Gasteiger partial charge on any atom is 0.268 e. The first-order chi connectivity index (χ1) is 14.1. The zero-order valence-electron chi connectivity index (χ0n) is 17.1. The molecule has 1 saturated carbocycles. The van der Waals surface area contributed by atoms with Gasteiger partial charge in [-0.1, -0.05) is 6.42 Å². The summed E-state index contributed by atoms with van der Waals surface area (Å²) < 4.78 is 0. The highest BCUT2D eigenvalue weighted by molar-refractivity contribution is 5.92. The molecular formula is C22H28N6O. The molecule has 5 rings (SSSR count). The van der Waals surface area contributed by atoms with Gasteiger partial charge >= 0.3 is 0 Å². The predicted octanol–water partition coefficient (Wildman–Crippen LogP) is 2.32. The van der Waals surface area contributed by atoms with Crippen molar-refractivity contribution in [3.63, 3.8) is 0 Å². The number of aromatic amines is 1. The van der Waals surface area contributed by atoms with Crippen LogP contribution in [0.15, 0.2) is 16.9 Å². The quantitative estimate of drug-likeness (QED) is 0.845. The Labute approximate surface area is 170 Å². The third kappa shape index (κ3) is 3.16. The van der Waals surface area contributed by atoms with Crippen LogP contribution in [0.1, 0.15) is 37.7 Å². The summed E-state index contributed by atoms with van der Waals surface area (Å²) in [6, 6.07) is 6.09. The first-order valence-corrected chi connectivity index (χ1v) is 10.7. The van der Waals surface area contributed by atoms with Crippen LogP contribution in [0.25, 0.3) is 11.0 Å². The number of likely N-dealkylation sites (N-methyl/N-ethyl adjacent to an activating group) is 1. The number of nitriles is 1. The lowest BCUT2D eigenvalue weighted by atomic mass is 9.63. The van der Waals surface area contributed by atoms with E-state index in [0.29, 0.717) is 10.9 Å². The minimum atomic E-state index is -0.312. The van der Waals surface area contributed by atoms with Gasteiger partial charge in [0.05, 0.1) is 11.2 Å². The molecule has 0 amide bonds. The first-order valence-electron chi connectivity index (χ1n) is 10.7.